The van der Waals surface area contributed by atoms with Gasteiger partial charge in [0.1, 0.15) is 5.69 Å². The van der Waals surface area contributed by atoms with Gasteiger partial charge in [-0.2, -0.15) is 0 Å². The van der Waals surface area contributed by atoms with Crippen molar-refractivity contribution in [2.45, 2.75) is 52.4 Å². The molecule has 3 nitrogen and oxygen atoms in total. The summed E-state index contributed by atoms with van der Waals surface area (Å²) in [6.45, 7) is 12.6. The summed E-state index contributed by atoms with van der Waals surface area (Å²) in [4.78, 5) is 0. The zero-order chi connectivity index (χ0) is 10.3. The molecule has 0 amide bonds. The van der Waals surface area contributed by atoms with Crippen LogP contribution in [0.15, 0.2) is 4.52 Å². The fraction of sp³-hybridized carbons (Fsp3) is 0.800. The molecule has 1 aromatic rings. The number of aromatic nitrogens is 2. The maximum Gasteiger partial charge on any atom is 0.166 e. The first kappa shape index (κ1) is 10.2. The molecule has 0 N–H and O–H groups in total. The quantitative estimate of drug-likeness (QED) is 0.619. The van der Waals surface area contributed by atoms with Gasteiger partial charge in [0.05, 0.1) is 0 Å². The molecule has 0 atom stereocenters. The average molecular weight is 182 g/mol. The smallest absolute Gasteiger partial charge is 0.166 e. The van der Waals surface area contributed by atoms with Crippen molar-refractivity contribution in [1.29, 1.82) is 0 Å². The van der Waals surface area contributed by atoms with Gasteiger partial charge < -0.3 is 4.52 Å². The lowest BCUT2D eigenvalue weighted by Gasteiger charge is -2.21. The third-order valence-corrected chi connectivity index (χ3v) is 1.88. The zero-order valence-corrected chi connectivity index (χ0v) is 9.30. The Morgan fingerprint density at radius 2 is 1.46 bits per heavy atom. The van der Waals surface area contributed by atoms with Crippen molar-refractivity contribution in [3.8, 4) is 0 Å². The van der Waals surface area contributed by atoms with E-state index in [0.717, 1.165) is 11.5 Å². The van der Waals surface area contributed by atoms with Crippen LogP contribution in [0.1, 0.15) is 53.0 Å². The molecule has 1 rings (SSSR count). The molecule has 13 heavy (non-hydrogen) atoms. The Hall–Kier alpha value is -0.860. The van der Waals surface area contributed by atoms with E-state index in [9.17, 15) is 0 Å². The van der Waals surface area contributed by atoms with Crippen molar-refractivity contribution in [2.75, 3.05) is 0 Å². The number of rotatable bonds is 0. The van der Waals surface area contributed by atoms with Crippen LogP contribution in [0.25, 0.3) is 0 Å². The van der Waals surface area contributed by atoms with Gasteiger partial charge >= 0.3 is 0 Å². The van der Waals surface area contributed by atoms with Gasteiger partial charge in [-0.25, -0.2) is 0 Å². The Labute approximate surface area is 79.5 Å². The van der Waals surface area contributed by atoms with Gasteiger partial charge in [0.25, 0.3) is 0 Å². The van der Waals surface area contributed by atoms with E-state index in [0.29, 0.717) is 0 Å². The standard InChI is InChI=1S/C10H18N2O/c1-9(2,3)7-8(10(4,5)6)13-12-11-7/h1-6H3. The highest BCUT2D eigenvalue weighted by atomic mass is 16.5. The van der Waals surface area contributed by atoms with E-state index in [1.165, 1.54) is 0 Å². The first-order valence-electron chi connectivity index (χ1n) is 4.56. The molecule has 0 aliphatic heterocycles. The first-order valence-corrected chi connectivity index (χ1v) is 4.56. The molecule has 0 aliphatic carbocycles. The lowest BCUT2D eigenvalue weighted by Crippen LogP contribution is -2.20. The van der Waals surface area contributed by atoms with E-state index >= 15 is 0 Å². The van der Waals surface area contributed by atoms with Crippen LogP contribution in [0, 0.1) is 0 Å². The summed E-state index contributed by atoms with van der Waals surface area (Å²) in [6.07, 6.45) is 0. The van der Waals surface area contributed by atoms with Crippen LogP contribution in [-0.4, -0.2) is 10.4 Å². The largest absolute Gasteiger partial charge is 0.341 e. The molecule has 3 heteroatoms. The minimum atomic E-state index is -0.0217. The predicted octanol–water partition coefficient (Wildman–Crippen LogP) is 2.66. The van der Waals surface area contributed by atoms with E-state index in [1.54, 1.807) is 0 Å². The van der Waals surface area contributed by atoms with Gasteiger partial charge in [-0.05, 0) is 0 Å². The molecular formula is C10H18N2O. The van der Waals surface area contributed by atoms with Crippen LogP contribution in [0.3, 0.4) is 0 Å². The molecule has 0 bridgehead atoms. The third-order valence-electron chi connectivity index (χ3n) is 1.88. The van der Waals surface area contributed by atoms with Crippen molar-refractivity contribution in [3.63, 3.8) is 0 Å². The number of nitrogens with zero attached hydrogens (tertiary/aromatic N) is 2. The lowest BCUT2D eigenvalue weighted by atomic mass is 9.83. The fourth-order valence-electron chi connectivity index (χ4n) is 1.17. The molecule has 0 saturated heterocycles. The van der Waals surface area contributed by atoms with Gasteiger partial charge in [-0.15, -0.1) is 5.10 Å². The van der Waals surface area contributed by atoms with Gasteiger partial charge in [-0.1, -0.05) is 41.5 Å². The Bertz CT molecular complexity index is 260. The second-order valence-corrected chi connectivity index (χ2v) is 5.45. The van der Waals surface area contributed by atoms with E-state index in [2.05, 4.69) is 51.9 Å². The molecule has 0 unspecified atom stereocenters. The Morgan fingerprint density at radius 1 is 0.923 bits per heavy atom. The van der Waals surface area contributed by atoms with Crippen molar-refractivity contribution < 1.29 is 4.52 Å². The van der Waals surface area contributed by atoms with Crippen molar-refractivity contribution in [2.24, 2.45) is 0 Å². The third kappa shape index (κ3) is 2.08. The van der Waals surface area contributed by atoms with Gasteiger partial charge in [0.2, 0.25) is 0 Å². The minimum Gasteiger partial charge on any atom is -0.341 e. The summed E-state index contributed by atoms with van der Waals surface area (Å²) in [7, 11) is 0. The summed E-state index contributed by atoms with van der Waals surface area (Å²) >= 11 is 0. The summed E-state index contributed by atoms with van der Waals surface area (Å²) in [5.74, 6) is 0.889. The summed E-state index contributed by atoms with van der Waals surface area (Å²) in [5, 5.41) is 7.67. The fourth-order valence-corrected chi connectivity index (χ4v) is 1.17. The molecule has 0 radical (unpaired) electrons. The van der Waals surface area contributed by atoms with Crippen LogP contribution in [-0.2, 0) is 10.8 Å². The van der Waals surface area contributed by atoms with Crippen LogP contribution in [0.2, 0.25) is 0 Å². The Kier molecular flexibility index (Phi) is 2.22. The molecule has 1 heterocycles. The highest BCUT2D eigenvalue weighted by molar-refractivity contribution is 5.21. The van der Waals surface area contributed by atoms with Crippen LogP contribution in [0.5, 0.6) is 0 Å². The average Bonchev–Trinajstić information content (AvgIpc) is 2.27. The molecule has 0 aliphatic rings. The monoisotopic (exact) mass is 182 g/mol. The molecule has 1 aromatic heterocycles. The van der Waals surface area contributed by atoms with Gasteiger partial charge in [-0.3, -0.25) is 0 Å². The molecule has 0 fully saturated rings. The maximum atomic E-state index is 5.19. The van der Waals surface area contributed by atoms with E-state index in [1.807, 2.05) is 0 Å². The second-order valence-electron chi connectivity index (χ2n) is 5.45. The normalized spacial score (nSPS) is 13.4. The van der Waals surface area contributed by atoms with E-state index in [-0.39, 0.29) is 10.8 Å². The molecule has 0 spiro atoms. The SMILES string of the molecule is CC(C)(C)c1nnoc1C(C)(C)C. The van der Waals surface area contributed by atoms with E-state index < -0.39 is 0 Å². The highest BCUT2D eigenvalue weighted by Crippen LogP contribution is 2.31. The van der Waals surface area contributed by atoms with E-state index in [4.69, 9.17) is 4.52 Å². The lowest BCUT2D eigenvalue weighted by molar-refractivity contribution is 0.313. The second kappa shape index (κ2) is 2.82. The topological polar surface area (TPSA) is 38.9 Å². The Balaban J connectivity index is 3.19. The van der Waals surface area contributed by atoms with Crippen molar-refractivity contribution >= 4 is 0 Å². The number of hydrogen-bond acceptors (Lipinski definition) is 3. The zero-order valence-electron chi connectivity index (χ0n) is 9.30. The van der Waals surface area contributed by atoms with Crippen molar-refractivity contribution in [3.05, 3.63) is 11.5 Å². The molecule has 0 saturated carbocycles. The summed E-state index contributed by atoms with van der Waals surface area (Å²) in [6, 6.07) is 0. The van der Waals surface area contributed by atoms with Crippen LogP contribution >= 0.6 is 0 Å². The predicted molar refractivity (Wildman–Crippen MR) is 51.7 cm³/mol. The van der Waals surface area contributed by atoms with Crippen LogP contribution < -0.4 is 0 Å². The molecular weight excluding hydrogens is 164 g/mol. The number of hydrogen-bond donors (Lipinski definition) is 0. The van der Waals surface area contributed by atoms with Crippen LogP contribution in [0.4, 0.5) is 0 Å². The summed E-state index contributed by atoms with van der Waals surface area (Å²) in [5.41, 5.74) is 0.939. The maximum absolute atomic E-state index is 5.19. The minimum absolute atomic E-state index is 0.00259. The first-order chi connectivity index (χ1) is 5.73. The van der Waals surface area contributed by atoms with Gasteiger partial charge in [0.15, 0.2) is 5.76 Å². The summed E-state index contributed by atoms with van der Waals surface area (Å²) < 4.78 is 5.19. The van der Waals surface area contributed by atoms with Crippen molar-refractivity contribution in [1.82, 2.24) is 10.4 Å². The van der Waals surface area contributed by atoms with Gasteiger partial charge in [0, 0.05) is 16.1 Å². The molecule has 74 valence electrons. The molecule has 0 aromatic carbocycles. The Morgan fingerprint density at radius 3 is 1.77 bits per heavy atom. The highest BCUT2D eigenvalue weighted by Gasteiger charge is 2.30.